The first-order valence-electron chi connectivity index (χ1n) is 5.18. The molecule has 88 valence electrons. The second-order valence-electron chi connectivity index (χ2n) is 3.65. The lowest BCUT2D eigenvalue weighted by atomic mass is 10.3. The predicted octanol–water partition coefficient (Wildman–Crippen LogP) is 3.85. The van der Waals surface area contributed by atoms with Crippen LogP contribution in [0.25, 0.3) is 0 Å². The summed E-state index contributed by atoms with van der Waals surface area (Å²) in [6.07, 6.45) is 0. The SMILES string of the molecule is Brc1csc(CNc2ccc3c(c2)OCO3)c1. The Bertz CT molecular complexity index is 541. The molecule has 0 atom stereocenters. The van der Waals surface area contributed by atoms with Gasteiger partial charge in [-0.1, -0.05) is 0 Å². The van der Waals surface area contributed by atoms with Crippen LogP contribution in [0.15, 0.2) is 34.1 Å². The van der Waals surface area contributed by atoms with E-state index in [-0.39, 0.29) is 0 Å². The largest absolute Gasteiger partial charge is 0.454 e. The molecule has 1 N–H and O–H groups in total. The Morgan fingerprint density at radius 1 is 1.24 bits per heavy atom. The average molecular weight is 312 g/mol. The number of ether oxygens (including phenoxy) is 2. The average Bonchev–Trinajstić information content (AvgIpc) is 2.94. The smallest absolute Gasteiger partial charge is 0.231 e. The number of benzene rings is 1. The van der Waals surface area contributed by atoms with Crippen LogP contribution >= 0.6 is 27.3 Å². The van der Waals surface area contributed by atoms with Crippen LogP contribution in [-0.2, 0) is 6.54 Å². The number of thiophene rings is 1. The highest BCUT2D eigenvalue weighted by molar-refractivity contribution is 9.10. The van der Waals surface area contributed by atoms with Crippen LogP contribution in [0.3, 0.4) is 0 Å². The number of hydrogen-bond donors (Lipinski definition) is 1. The topological polar surface area (TPSA) is 30.5 Å². The Morgan fingerprint density at radius 3 is 2.94 bits per heavy atom. The number of anilines is 1. The highest BCUT2D eigenvalue weighted by Gasteiger charge is 2.12. The summed E-state index contributed by atoms with van der Waals surface area (Å²) in [6.45, 7) is 1.13. The number of rotatable bonds is 3. The third-order valence-corrected chi connectivity index (χ3v) is 4.16. The van der Waals surface area contributed by atoms with Gasteiger partial charge in [0.25, 0.3) is 0 Å². The lowest BCUT2D eigenvalue weighted by Gasteiger charge is -2.05. The van der Waals surface area contributed by atoms with E-state index in [0.717, 1.165) is 28.2 Å². The Kier molecular flexibility index (Phi) is 2.94. The summed E-state index contributed by atoms with van der Waals surface area (Å²) in [5.41, 5.74) is 1.04. The Hall–Kier alpha value is -1.20. The highest BCUT2D eigenvalue weighted by Crippen LogP contribution is 2.34. The molecule has 2 aromatic rings. The molecule has 0 spiro atoms. The molecule has 1 aromatic carbocycles. The molecule has 0 saturated carbocycles. The fourth-order valence-corrected chi connectivity index (χ4v) is 3.03. The predicted molar refractivity (Wildman–Crippen MR) is 71.9 cm³/mol. The van der Waals surface area contributed by atoms with Gasteiger partial charge in [-0.2, -0.15) is 0 Å². The summed E-state index contributed by atoms with van der Waals surface area (Å²) >= 11 is 5.17. The Labute approximate surface area is 111 Å². The van der Waals surface area contributed by atoms with Crippen LogP contribution in [0.2, 0.25) is 0 Å². The molecule has 1 aliphatic rings. The summed E-state index contributed by atoms with van der Waals surface area (Å²) in [6, 6.07) is 8.00. The molecule has 0 saturated heterocycles. The van der Waals surface area contributed by atoms with E-state index in [2.05, 4.69) is 32.7 Å². The van der Waals surface area contributed by atoms with Gasteiger partial charge < -0.3 is 14.8 Å². The third kappa shape index (κ3) is 2.40. The van der Waals surface area contributed by atoms with E-state index < -0.39 is 0 Å². The molecular weight excluding hydrogens is 302 g/mol. The zero-order valence-electron chi connectivity index (χ0n) is 8.90. The summed E-state index contributed by atoms with van der Waals surface area (Å²) < 4.78 is 11.7. The third-order valence-electron chi connectivity index (χ3n) is 2.46. The molecule has 0 fully saturated rings. The van der Waals surface area contributed by atoms with Crippen molar-refractivity contribution >= 4 is 33.0 Å². The van der Waals surface area contributed by atoms with Gasteiger partial charge in [0.2, 0.25) is 6.79 Å². The van der Waals surface area contributed by atoms with Crippen molar-refractivity contribution in [1.29, 1.82) is 0 Å². The van der Waals surface area contributed by atoms with Crippen molar-refractivity contribution in [1.82, 2.24) is 0 Å². The second-order valence-corrected chi connectivity index (χ2v) is 5.56. The van der Waals surface area contributed by atoms with Crippen molar-refractivity contribution in [3.05, 3.63) is 39.0 Å². The Balaban J connectivity index is 1.69. The highest BCUT2D eigenvalue weighted by atomic mass is 79.9. The van der Waals surface area contributed by atoms with Gasteiger partial charge in [-0.05, 0) is 34.1 Å². The number of hydrogen-bond acceptors (Lipinski definition) is 4. The van der Waals surface area contributed by atoms with Gasteiger partial charge in [-0.25, -0.2) is 0 Å². The van der Waals surface area contributed by atoms with E-state index in [1.54, 1.807) is 11.3 Å². The summed E-state index contributed by atoms with van der Waals surface area (Å²) in [5.74, 6) is 1.62. The van der Waals surface area contributed by atoms with Crippen LogP contribution in [0.1, 0.15) is 4.88 Å². The lowest BCUT2D eigenvalue weighted by molar-refractivity contribution is 0.174. The quantitative estimate of drug-likeness (QED) is 0.934. The molecule has 0 bridgehead atoms. The zero-order valence-corrected chi connectivity index (χ0v) is 11.3. The van der Waals surface area contributed by atoms with E-state index in [4.69, 9.17) is 9.47 Å². The number of fused-ring (bicyclic) bond motifs is 1. The molecule has 1 aliphatic heterocycles. The molecule has 0 amide bonds. The van der Waals surface area contributed by atoms with Crippen molar-refractivity contribution in [2.45, 2.75) is 6.54 Å². The molecule has 17 heavy (non-hydrogen) atoms. The van der Waals surface area contributed by atoms with Gasteiger partial charge in [-0.15, -0.1) is 11.3 Å². The zero-order chi connectivity index (χ0) is 11.7. The van der Waals surface area contributed by atoms with E-state index in [9.17, 15) is 0 Å². The fourth-order valence-electron chi connectivity index (χ4n) is 1.64. The van der Waals surface area contributed by atoms with Crippen molar-refractivity contribution < 1.29 is 9.47 Å². The molecule has 1 aromatic heterocycles. The minimum absolute atomic E-state index is 0.316. The molecule has 0 radical (unpaired) electrons. The van der Waals surface area contributed by atoms with Gasteiger partial charge >= 0.3 is 0 Å². The van der Waals surface area contributed by atoms with E-state index in [0.29, 0.717) is 6.79 Å². The Morgan fingerprint density at radius 2 is 2.12 bits per heavy atom. The first-order chi connectivity index (χ1) is 8.31. The molecule has 3 nitrogen and oxygen atoms in total. The summed E-state index contributed by atoms with van der Waals surface area (Å²) in [5, 5.41) is 5.44. The van der Waals surface area contributed by atoms with E-state index in [1.807, 2.05) is 18.2 Å². The maximum atomic E-state index is 5.33. The van der Waals surface area contributed by atoms with Gasteiger partial charge in [0.1, 0.15) is 0 Å². The molecule has 2 heterocycles. The molecule has 3 rings (SSSR count). The van der Waals surface area contributed by atoms with Crippen molar-refractivity contribution in [2.75, 3.05) is 12.1 Å². The van der Waals surface area contributed by atoms with E-state index in [1.165, 1.54) is 4.88 Å². The molecule has 0 unspecified atom stereocenters. The molecular formula is C12H10BrNO2S. The van der Waals surface area contributed by atoms with Gasteiger partial charge in [0.05, 0.1) is 0 Å². The fraction of sp³-hybridized carbons (Fsp3) is 0.167. The molecule has 0 aliphatic carbocycles. The standard InChI is InChI=1S/C12H10BrNO2S/c13-8-3-10(17-6-8)5-14-9-1-2-11-12(4-9)16-7-15-11/h1-4,6,14H,5,7H2. The van der Waals surface area contributed by atoms with Crippen molar-refractivity contribution in [3.8, 4) is 11.5 Å². The molecule has 5 heteroatoms. The maximum Gasteiger partial charge on any atom is 0.231 e. The van der Waals surface area contributed by atoms with Gasteiger partial charge in [0, 0.05) is 33.0 Å². The van der Waals surface area contributed by atoms with Crippen LogP contribution in [0.4, 0.5) is 5.69 Å². The second kappa shape index (κ2) is 4.58. The maximum absolute atomic E-state index is 5.33. The summed E-state index contributed by atoms with van der Waals surface area (Å²) in [4.78, 5) is 1.29. The first kappa shape index (κ1) is 10.9. The first-order valence-corrected chi connectivity index (χ1v) is 6.85. The number of nitrogens with one attached hydrogen (secondary N) is 1. The van der Waals surface area contributed by atoms with Crippen LogP contribution in [0, 0.1) is 0 Å². The minimum atomic E-state index is 0.316. The van der Waals surface area contributed by atoms with Crippen LogP contribution < -0.4 is 14.8 Å². The van der Waals surface area contributed by atoms with Gasteiger partial charge in [-0.3, -0.25) is 0 Å². The normalized spacial score (nSPS) is 12.8. The number of halogens is 1. The van der Waals surface area contributed by atoms with Crippen molar-refractivity contribution in [3.63, 3.8) is 0 Å². The minimum Gasteiger partial charge on any atom is -0.454 e. The van der Waals surface area contributed by atoms with Gasteiger partial charge in [0.15, 0.2) is 11.5 Å². The van der Waals surface area contributed by atoms with Crippen LogP contribution in [0.5, 0.6) is 11.5 Å². The lowest BCUT2D eigenvalue weighted by Crippen LogP contribution is -1.97. The summed E-state index contributed by atoms with van der Waals surface area (Å²) in [7, 11) is 0. The monoisotopic (exact) mass is 311 g/mol. The van der Waals surface area contributed by atoms with Crippen molar-refractivity contribution in [2.24, 2.45) is 0 Å². The van der Waals surface area contributed by atoms with Crippen LogP contribution in [-0.4, -0.2) is 6.79 Å². The van der Waals surface area contributed by atoms with E-state index >= 15 is 0 Å².